The van der Waals surface area contributed by atoms with Crippen LogP contribution in [0.1, 0.15) is 27.7 Å². The molecule has 1 atom stereocenters. The van der Waals surface area contributed by atoms with Crippen LogP contribution < -0.4 is 0 Å². The average molecular weight is 212 g/mol. The zero-order chi connectivity index (χ0) is 11.0. The van der Waals surface area contributed by atoms with Crippen LogP contribution in [0.3, 0.4) is 0 Å². The van der Waals surface area contributed by atoms with Crippen molar-refractivity contribution in [2.45, 2.75) is 51.9 Å². The molecule has 0 aromatic carbocycles. The lowest BCUT2D eigenvalue weighted by Crippen LogP contribution is -2.29. The van der Waals surface area contributed by atoms with Crippen LogP contribution in [0.15, 0.2) is 23.9 Å². The molecule has 0 rings (SSSR count). The maximum atomic E-state index is 9.55. The van der Waals surface area contributed by atoms with Gasteiger partial charge in [-0.15, -0.1) is 0 Å². The van der Waals surface area contributed by atoms with Crippen LogP contribution in [0.4, 0.5) is 0 Å². The van der Waals surface area contributed by atoms with Crippen molar-refractivity contribution in [3.63, 3.8) is 0 Å². The van der Waals surface area contributed by atoms with Crippen molar-refractivity contribution in [1.29, 1.82) is 0 Å². The molecule has 0 fully saturated rings. The van der Waals surface area contributed by atoms with Gasteiger partial charge in [0.25, 0.3) is 0 Å². The van der Waals surface area contributed by atoms with E-state index >= 15 is 0 Å². The van der Waals surface area contributed by atoms with Crippen LogP contribution in [0.25, 0.3) is 0 Å². The van der Waals surface area contributed by atoms with Gasteiger partial charge in [-0.05, 0) is 6.92 Å². The number of allylic oxidation sites excluding steroid dienone is 1. The molecule has 82 valence electrons. The molecule has 14 heavy (non-hydrogen) atoms. The van der Waals surface area contributed by atoms with Crippen molar-refractivity contribution in [3.8, 4) is 0 Å². The summed E-state index contributed by atoms with van der Waals surface area (Å²) in [6.07, 6.45) is 5.28. The molecule has 1 nitrogen and oxygen atoms in total. The van der Waals surface area contributed by atoms with Gasteiger partial charge in [-0.2, -0.15) is 0 Å². The Morgan fingerprint density at radius 3 is 1.93 bits per heavy atom. The Morgan fingerprint density at radius 2 is 1.57 bits per heavy atom. The molecule has 1 unspecified atom stereocenters. The quantitative estimate of drug-likeness (QED) is 0.527. The van der Waals surface area contributed by atoms with Crippen molar-refractivity contribution in [1.82, 2.24) is 0 Å². The lowest BCUT2D eigenvalue weighted by Gasteiger charge is -2.23. The second kappa shape index (κ2) is 7.02. The van der Waals surface area contributed by atoms with Crippen molar-refractivity contribution in [2.24, 2.45) is 0 Å². The summed E-state index contributed by atoms with van der Waals surface area (Å²) in [6, 6.07) is 3.83. The minimum Gasteiger partial charge on any atom is -0.385 e. The third-order valence-electron chi connectivity index (χ3n) is 3.15. The van der Waals surface area contributed by atoms with Gasteiger partial charge in [-0.3, -0.25) is 0 Å². The van der Waals surface area contributed by atoms with Crippen molar-refractivity contribution >= 4 is 8.07 Å². The van der Waals surface area contributed by atoms with Gasteiger partial charge in [0.2, 0.25) is 0 Å². The Balaban J connectivity index is 4.42. The number of hydrogen-bond donors (Lipinski definition) is 1. The van der Waals surface area contributed by atoms with Gasteiger partial charge < -0.3 is 5.11 Å². The Hall–Kier alpha value is -0.343. The fraction of sp³-hybridized carbons (Fsp3) is 0.667. The van der Waals surface area contributed by atoms with Gasteiger partial charge in [-0.1, -0.05) is 62.8 Å². The van der Waals surface area contributed by atoms with Crippen molar-refractivity contribution in [2.75, 3.05) is 0 Å². The van der Waals surface area contributed by atoms with Crippen LogP contribution in [0, 0.1) is 0 Å². The predicted octanol–water partition coefficient (Wildman–Crippen LogP) is 3.53. The molecule has 0 saturated carbocycles. The number of rotatable bonds is 6. The van der Waals surface area contributed by atoms with E-state index in [4.69, 9.17) is 0 Å². The summed E-state index contributed by atoms with van der Waals surface area (Å²) in [5, 5.41) is 9.55. The van der Waals surface area contributed by atoms with E-state index in [0.717, 1.165) is 0 Å². The van der Waals surface area contributed by atoms with Gasteiger partial charge >= 0.3 is 0 Å². The first-order chi connectivity index (χ1) is 6.64. The lowest BCUT2D eigenvalue weighted by molar-refractivity contribution is 0.271. The van der Waals surface area contributed by atoms with Crippen LogP contribution in [0.5, 0.6) is 0 Å². The van der Waals surface area contributed by atoms with E-state index in [2.05, 4.69) is 26.5 Å². The molecule has 1 N–H and O–H groups in total. The largest absolute Gasteiger partial charge is 0.385 e. The Bertz CT molecular complexity index is 184. The van der Waals surface area contributed by atoms with Crippen molar-refractivity contribution < 1.29 is 5.11 Å². The molecule has 0 spiro atoms. The van der Waals surface area contributed by atoms with Crippen LogP contribution >= 0.6 is 0 Å². The second-order valence-corrected chi connectivity index (χ2v) is 8.98. The smallest absolute Gasteiger partial charge is 0.0898 e. The monoisotopic (exact) mass is 212 g/mol. The number of aliphatic hydroxyl groups excluding tert-OH is 1. The topological polar surface area (TPSA) is 20.2 Å². The van der Waals surface area contributed by atoms with Crippen LogP contribution in [-0.2, 0) is 0 Å². The molecule has 0 bridgehead atoms. The highest BCUT2D eigenvalue weighted by molar-refractivity contribution is 6.84. The van der Waals surface area contributed by atoms with Gasteiger partial charge in [0.1, 0.15) is 0 Å². The molecule has 0 aliphatic rings. The summed E-state index contributed by atoms with van der Waals surface area (Å²) in [7, 11) is -1.18. The van der Waals surface area contributed by atoms with Crippen LogP contribution in [0.2, 0.25) is 18.1 Å². The molecule has 0 aliphatic carbocycles. The highest BCUT2D eigenvalue weighted by Gasteiger charge is 2.22. The fourth-order valence-corrected chi connectivity index (χ4v) is 4.48. The van der Waals surface area contributed by atoms with Crippen molar-refractivity contribution in [3.05, 3.63) is 23.9 Å². The van der Waals surface area contributed by atoms with Gasteiger partial charge in [0.15, 0.2) is 0 Å². The third kappa shape index (κ3) is 4.25. The zero-order valence-corrected chi connectivity index (χ0v) is 11.0. The van der Waals surface area contributed by atoms with E-state index < -0.39 is 14.2 Å². The first-order valence-corrected chi connectivity index (χ1v) is 8.34. The Labute approximate surface area is 89.5 Å². The Morgan fingerprint density at radius 1 is 1.07 bits per heavy atom. The molecule has 0 aromatic rings. The standard InChI is InChI=1S/C12H24OSi/c1-5-9-12(13)10-11-14(6-2,7-3)8-4/h5,9-13H,6-8H2,1-4H3/b9-5+,11-10+. The highest BCUT2D eigenvalue weighted by Crippen LogP contribution is 2.21. The summed E-state index contributed by atoms with van der Waals surface area (Å²) in [5.74, 6) is 0. The maximum absolute atomic E-state index is 9.55. The van der Waals surface area contributed by atoms with E-state index in [9.17, 15) is 5.11 Å². The Kier molecular flexibility index (Phi) is 6.84. The first kappa shape index (κ1) is 13.7. The minimum absolute atomic E-state index is 0.392. The summed E-state index contributed by atoms with van der Waals surface area (Å²) < 4.78 is 0. The second-order valence-electron chi connectivity index (χ2n) is 3.80. The van der Waals surface area contributed by atoms with Gasteiger partial charge in [0.05, 0.1) is 14.2 Å². The molecule has 0 aliphatic heterocycles. The molecule has 0 saturated heterocycles. The van der Waals surface area contributed by atoms with E-state index in [1.54, 1.807) is 0 Å². The van der Waals surface area contributed by atoms with Crippen LogP contribution in [-0.4, -0.2) is 19.3 Å². The van der Waals surface area contributed by atoms with E-state index in [-0.39, 0.29) is 0 Å². The predicted molar refractivity (Wildman–Crippen MR) is 67.2 cm³/mol. The van der Waals surface area contributed by atoms with Gasteiger partial charge in [0, 0.05) is 0 Å². The minimum atomic E-state index is -1.18. The zero-order valence-electron chi connectivity index (χ0n) is 9.96. The molecule has 0 radical (unpaired) electrons. The van der Waals surface area contributed by atoms with E-state index in [1.807, 2.05) is 25.2 Å². The molecule has 0 amide bonds. The maximum Gasteiger partial charge on any atom is 0.0898 e. The molecule has 0 heterocycles. The molecular weight excluding hydrogens is 188 g/mol. The summed E-state index contributed by atoms with van der Waals surface area (Å²) >= 11 is 0. The SMILES string of the molecule is C/C=C/C(O)/C=C/[Si](CC)(CC)CC. The third-order valence-corrected chi connectivity index (χ3v) is 8.27. The van der Waals surface area contributed by atoms with E-state index in [1.165, 1.54) is 18.1 Å². The number of aliphatic hydroxyl groups is 1. The first-order valence-electron chi connectivity index (χ1n) is 5.64. The summed E-state index contributed by atoms with van der Waals surface area (Å²) in [6.45, 7) is 8.74. The summed E-state index contributed by atoms with van der Waals surface area (Å²) in [4.78, 5) is 0. The average Bonchev–Trinajstić information content (AvgIpc) is 2.21. The van der Waals surface area contributed by atoms with Gasteiger partial charge in [-0.25, -0.2) is 0 Å². The highest BCUT2D eigenvalue weighted by atomic mass is 28.3. The normalized spacial score (nSPS) is 15.5. The molecular formula is C12H24OSi. The summed E-state index contributed by atoms with van der Waals surface area (Å²) in [5.41, 5.74) is 2.32. The lowest BCUT2D eigenvalue weighted by atomic mass is 10.3. The van der Waals surface area contributed by atoms with E-state index in [0.29, 0.717) is 0 Å². The molecule has 2 heteroatoms. The number of hydrogen-bond acceptors (Lipinski definition) is 1. The fourth-order valence-electron chi connectivity index (χ4n) is 1.67. The molecule has 0 aromatic heterocycles.